The summed E-state index contributed by atoms with van der Waals surface area (Å²) >= 11 is 0.581. The van der Waals surface area contributed by atoms with E-state index in [1.54, 1.807) is 0 Å². The maximum absolute atomic E-state index is 12.2. The van der Waals surface area contributed by atoms with Gasteiger partial charge in [-0.25, -0.2) is 4.68 Å². The number of aromatic nitrogens is 3. The van der Waals surface area contributed by atoms with Gasteiger partial charge in [-0.05, 0) is 0 Å². The maximum atomic E-state index is 12.2. The first-order valence-electron chi connectivity index (χ1n) is 3.89. The highest BCUT2D eigenvalue weighted by molar-refractivity contribution is 7.99. The smallest absolute Gasteiger partial charge is 0.403 e. The average Bonchev–Trinajstić information content (AvgIpc) is 2.49. The molecule has 1 aromatic rings. The molecular weight excluding hydrogens is 249 g/mol. The van der Waals surface area contributed by atoms with Crippen LogP contribution < -0.4 is 5.84 Å². The van der Waals surface area contributed by atoms with Crippen LogP contribution in [0.25, 0.3) is 0 Å². The number of hydrogen-bond acceptors (Lipinski definition) is 5. The quantitative estimate of drug-likeness (QED) is 0.596. The summed E-state index contributed by atoms with van der Waals surface area (Å²) in [6.07, 6.45) is -3.69. The van der Waals surface area contributed by atoms with Gasteiger partial charge in [-0.2, -0.15) is 13.2 Å². The van der Waals surface area contributed by atoms with Crippen LogP contribution in [0.15, 0.2) is 11.5 Å². The molecule has 1 unspecified atom stereocenters. The van der Waals surface area contributed by atoms with Crippen LogP contribution in [0.1, 0.15) is 0 Å². The first-order valence-corrected chi connectivity index (χ1v) is 4.88. The average molecular weight is 256 g/mol. The van der Waals surface area contributed by atoms with Crippen LogP contribution in [0.2, 0.25) is 0 Å². The Labute approximate surface area is 91.6 Å². The van der Waals surface area contributed by atoms with Gasteiger partial charge in [0, 0.05) is 5.75 Å². The normalized spacial score (nSPS) is 13.7. The highest BCUT2D eigenvalue weighted by atomic mass is 32.2. The summed E-state index contributed by atoms with van der Waals surface area (Å²) in [6.45, 7) is 0. The van der Waals surface area contributed by atoms with E-state index in [2.05, 4.69) is 10.2 Å². The Hall–Kier alpha value is -1.45. The number of nitrogens with zero attached hydrogens (tertiary/aromatic N) is 3. The fraction of sp³-hybridized carbons (Fsp3) is 0.500. The number of halogens is 3. The van der Waals surface area contributed by atoms with E-state index < -0.39 is 23.8 Å². The SMILES string of the molecule is Nn1cnnc1SCC(C(=O)O)C(F)(F)F. The predicted octanol–water partition coefficient (Wildman–Crippen LogP) is 0.347. The molecule has 10 heteroatoms. The molecule has 16 heavy (non-hydrogen) atoms. The number of nitrogen functional groups attached to an aromatic ring is 1. The number of carboxylic acids is 1. The molecule has 1 aromatic heterocycles. The number of carboxylic acid groups (broad SMARTS) is 1. The van der Waals surface area contributed by atoms with E-state index in [-0.39, 0.29) is 5.16 Å². The van der Waals surface area contributed by atoms with E-state index in [4.69, 9.17) is 10.9 Å². The van der Waals surface area contributed by atoms with Crippen molar-refractivity contribution in [1.82, 2.24) is 14.9 Å². The number of thioether (sulfide) groups is 1. The zero-order valence-corrected chi connectivity index (χ0v) is 8.49. The van der Waals surface area contributed by atoms with E-state index in [1.807, 2.05) is 0 Å². The minimum absolute atomic E-state index is 0.0236. The molecule has 90 valence electrons. The summed E-state index contributed by atoms with van der Waals surface area (Å²) in [5, 5.41) is 15.2. The molecule has 0 amide bonds. The lowest BCUT2D eigenvalue weighted by Gasteiger charge is -2.14. The summed E-state index contributed by atoms with van der Waals surface area (Å²) in [6, 6.07) is 0. The molecule has 1 rings (SSSR count). The Kier molecular flexibility index (Phi) is 3.62. The Morgan fingerprint density at radius 2 is 2.31 bits per heavy atom. The van der Waals surface area contributed by atoms with Crippen LogP contribution in [0.3, 0.4) is 0 Å². The monoisotopic (exact) mass is 256 g/mol. The second-order valence-corrected chi connectivity index (χ2v) is 3.75. The minimum atomic E-state index is -4.79. The highest BCUT2D eigenvalue weighted by Gasteiger charge is 2.45. The molecule has 0 spiro atoms. The van der Waals surface area contributed by atoms with Gasteiger partial charge in [0.15, 0.2) is 5.92 Å². The minimum Gasteiger partial charge on any atom is -0.481 e. The molecule has 0 radical (unpaired) electrons. The number of alkyl halides is 3. The zero-order chi connectivity index (χ0) is 12.3. The Balaban J connectivity index is 2.65. The maximum Gasteiger partial charge on any atom is 0.403 e. The van der Waals surface area contributed by atoms with Gasteiger partial charge < -0.3 is 10.9 Å². The molecule has 1 atom stereocenters. The first kappa shape index (κ1) is 12.6. The van der Waals surface area contributed by atoms with E-state index in [0.29, 0.717) is 11.8 Å². The third-order valence-electron chi connectivity index (χ3n) is 1.61. The Bertz CT molecular complexity index is 380. The highest BCUT2D eigenvalue weighted by Crippen LogP contribution is 2.30. The van der Waals surface area contributed by atoms with Crippen molar-refractivity contribution in [2.75, 3.05) is 11.6 Å². The lowest BCUT2D eigenvalue weighted by molar-refractivity contribution is -0.188. The van der Waals surface area contributed by atoms with Gasteiger partial charge in [0.25, 0.3) is 0 Å². The third kappa shape index (κ3) is 3.02. The molecule has 0 aliphatic heterocycles. The third-order valence-corrected chi connectivity index (χ3v) is 2.66. The lowest BCUT2D eigenvalue weighted by Crippen LogP contribution is -2.32. The molecule has 0 saturated heterocycles. The molecular formula is C6H7F3N4O2S. The number of carbonyl (C=O) groups is 1. The Morgan fingerprint density at radius 1 is 1.69 bits per heavy atom. The standard InChI is InChI=1S/C6H7F3N4O2S/c7-6(8,9)3(4(14)15)1-16-5-12-11-2-13(5)10/h2-3H,1,10H2,(H,14,15). The molecule has 0 bridgehead atoms. The van der Waals surface area contributed by atoms with Gasteiger partial charge in [0.05, 0.1) is 0 Å². The molecule has 0 fully saturated rings. The van der Waals surface area contributed by atoms with Crippen molar-refractivity contribution in [2.24, 2.45) is 5.92 Å². The van der Waals surface area contributed by atoms with Gasteiger partial charge in [-0.15, -0.1) is 10.2 Å². The summed E-state index contributed by atoms with van der Waals surface area (Å²) in [4.78, 5) is 10.4. The van der Waals surface area contributed by atoms with Crippen molar-refractivity contribution in [3.8, 4) is 0 Å². The lowest BCUT2D eigenvalue weighted by atomic mass is 10.2. The van der Waals surface area contributed by atoms with Gasteiger partial charge in [-0.3, -0.25) is 4.79 Å². The van der Waals surface area contributed by atoms with Gasteiger partial charge in [0.1, 0.15) is 6.33 Å². The van der Waals surface area contributed by atoms with Crippen LogP contribution in [0.5, 0.6) is 0 Å². The molecule has 0 saturated carbocycles. The fourth-order valence-electron chi connectivity index (χ4n) is 0.799. The summed E-state index contributed by atoms with van der Waals surface area (Å²) in [5.41, 5.74) is 0. The topological polar surface area (TPSA) is 94.0 Å². The predicted molar refractivity (Wildman–Crippen MR) is 48.1 cm³/mol. The summed E-state index contributed by atoms with van der Waals surface area (Å²) in [5.74, 6) is 0.177. The van der Waals surface area contributed by atoms with Crippen LogP contribution in [0.4, 0.5) is 13.2 Å². The summed E-state index contributed by atoms with van der Waals surface area (Å²) in [7, 11) is 0. The van der Waals surface area contributed by atoms with E-state index in [1.165, 1.54) is 0 Å². The van der Waals surface area contributed by atoms with Crippen molar-refractivity contribution in [2.45, 2.75) is 11.3 Å². The number of rotatable bonds is 4. The number of nitrogens with two attached hydrogens (primary N) is 1. The fourth-order valence-corrected chi connectivity index (χ4v) is 1.75. The molecule has 0 aromatic carbocycles. The van der Waals surface area contributed by atoms with Crippen molar-refractivity contribution in [3.63, 3.8) is 0 Å². The van der Waals surface area contributed by atoms with Crippen LogP contribution in [-0.2, 0) is 4.79 Å². The Morgan fingerprint density at radius 3 is 2.69 bits per heavy atom. The number of hydrogen-bond donors (Lipinski definition) is 2. The van der Waals surface area contributed by atoms with Crippen LogP contribution >= 0.6 is 11.8 Å². The van der Waals surface area contributed by atoms with Gasteiger partial charge in [-0.1, -0.05) is 11.8 Å². The largest absolute Gasteiger partial charge is 0.481 e. The van der Waals surface area contributed by atoms with Crippen LogP contribution in [0, 0.1) is 5.92 Å². The molecule has 0 aliphatic rings. The first-order chi connectivity index (χ1) is 7.32. The molecule has 0 aliphatic carbocycles. The molecule has 3 N–H and O–H groups in total. The van der Waals surface area contributed by atoms with Gasteiger partial charge in [0.2, 0.25) is 5.16 Å². The van der Waals surface area contributed by atoms with Gasteiger partial charge >= 0.3 is 12.1 Å². The van der Waals surface area contributed by atoms with Crippen molar-refractivity contribution in [3.05, 3.63) is 6.33 Å². The molecule has 1 heterocycles. The number of aliphatic carboxylic acids is 1. The van der Waals surface area contributed by atoms with E-state index >= 15 is 0 Å². The second kappa shape index (κ2) is 4.60. The molecule has 6 nitrogen and oxygen atoms in total. The van der Waals surface area contributed by atoms with Crippen molar-refractivity contribution >= 4 is 17.7 Å². The zero-order valence-electron chi connectivity index (χ0n) is 7.68. The second-order valence-electron chi connectivity index (χ2n) is 2.76. The van der Waals surface area contributed by atoms with Crippen molar-refractivity contribution < 1.29 is 23.1 Å². The van der Waals surface area contributed by atoms with E-state index in [9.17, 15) is 18.0 Å². The summed E-state index contributed by atoms with van der Waals surface area (Å²) < 4.78 is 37.6. The van der Waals surface area contributed by atoms with Crippen molar-refractivity contribution in [1.29, 1.82) is 0 Å². The van der Waals surface area contributed by atoms with E-state index in [0.717, 1.165) is 11.0 Å². The van der Waals surface area contributed by atoms with Crippen LogP contribution in [-0.4, -0.2) is 37.9 Å².